The van der Waals surface area contributed by atoms with E-state index in [9.17, 15) is 4.79 Å². The highest BCUT2D eigenvalue weighted by Gasteiger charge is 2.14. The first-order valence-electron chi connectivity index (χ1n) is 5.84. The highest BCUT2D eigenvalue weighted by atomic mass is 16.4. The van der Waals surface area contributed by atoms with Gasteiger partial charge in [0, 0.05) is 11.8 Å². The molecule has 1 unspecified atom stereocenters. The molecule has 0 amide bonds. The Morgan fingerprint density at radius 2 is 1.94 bits per heavy atom. The van der Waals surface area contributed by atoms with Gasteiger partial charge in [-0.1, -0.05) is 30.3 Å². The third-order valence-corrected chi connectivity index (χ3v) is 3.08. The lowest BCUT2D eigenvalue weighted by Gasteiger charge is -2.08. The van der Waals surface area contributed by atoms with Crippen LogP contribution >= 0.6 is 0 Å². The standard InChI is InChI=1S/C15H15NO2/c1-10-5-3-4-6-13(10)14-8-7-12(9-16-14)11(2)15(17)18/h3-9,11H,1-2H3,(H,17,18). The molecule has 2 rings (SSSR count). The SMILES string of the molecule is Cc1ccccc1-c1ccc(C(C)C(=O)O)cn1. The van der Waals surface area contributed by atoms with Gasteiger partial charge in [-0.25, -0.2) is 0 Å². The molecule has 0 aliphatic rings. The lowest BCUT2D eigenvalue weighted by molar-refractivity contribution is -0.138. The fraction of sp³-hybridized carbons (Fsp3) is 0.200. The zero-order valence-corrected chi connectivity index (χ0v) is 10.4. The molecule has 1 atom stereocenters. The van der Waals surface area contributed by atoms with Gasteiger partial charge in [-0.15, -0.1) is 0 Å². The second-order valence-electron chi connectivity index (χ2n) is 4.35. The van der Waals surface area contributed by atoms with Gasteiger partial charge in [-0.05, 0) is 31.0 Å². The minimum atomic E-state index is -0.833. The lowest BCUT2D eigenvalue weighted by atomic mass is 10.0. The number of carbonyl (C=O) groups is 1. The first-order valence-corrected chi connectivity index (χ1v) is 5.84. The molecule has 0 spiro atoms. The number of pyridine rings is 1. The lowest BCUT2D eigenvalue weighted by Crippen LogP contribution is -2.07. The summed E-state index contributed by atoms with van der Waals surface area (Å²) in [5, 5.41) is 8.94. The molecule has 18 heavy (non-hydrogen) atoms. The molecule has 0 radical (unpaired) electrons. The van der Waals surface area contributed by atoms with Crippen LogP contribution in [0.2, 0.25) is 0 Å². The van der Waals surface area contributed by atoms with Crippen LogP contribution in [-0.2, 0) is 4.79 Å². The summed E-state index contributed by atoms with van der Waals surface area (Å²) in [4.78, 5) is 15.2. The molecular formula is C15H15NO2. The molecule has 3 heteroatoms. The van der Waals surface area contributed by atoms with Crippen molar-refractivity contribution in [1.82, 2.24) is 4.98 Å². The summed E-state index contributed by atoms with van der Waals surface area (Å²) >= 11 is 0. The summed E-state index contributed by atoms with van der Waals surface area (Å²) in [6.45, 7) is 3.69. The molecule has 0 aliphatic heterocycles. The molecule has 0 fully saturated rings. The van der Waals surface area contributed by atoms with E-state index < -0.39 is 11.9 Å². The summed E-state index contributed by atoms with van der Waals surface area (Å²) in [6.07, 6.45) is 1.64. The second kappa shape index (κ2) is 5.00. The topological polar surface area (TPSA) is 50.2 Å². The summed E-state index contributed by atoms with van der Waals surface area (Å²) in [6, 6.07) is 11.7. The Balaban J connectivity index is 2.34. The molecule has 1 N–H and O–H groups in total. The number of nitrogens with zero attached hydrogens (tertiary/aromatic N) is 1. The van der Waals surface area contributed by atoms with Crippen LogP contribution in [0.5, 0.6) is 0 Å². The molecule has 0 bridgehead atoms. The van der Waals surface area contributed by atoms with Gasteiger partial charge in [0.1, 0.15) is 0 Å². The monoisotopic (exact) mass is 241 g/mol. The Bertz CT molecular complexity index is 561. The van der Waals surface area contributed by atoms with Crippen molar-refractivity contribution < 1.29 is 9.90 Å². The normalized spacial score (nSPS) is 12.1. The van der Waals surface area contributed by atoms with Gasteiger partial charge in [0.15, 0.2) is 0 Å². The average molecular weight is 241 g/mol. The predicted molar refractivity (Wildman–Crippen MR) is 70.5 cm³/mol. The number of carboxylic acids is 1. The van der Waals surface area contributed by atoms with Gasteiger partial charge in [-0.3, -0.25) is 9.78 Å². The van der Waals surface area contributed by atoms with Gasteiger partial charge in [0.05, 0.1) is 11.6 Å². The van der Waals surface area contributed by atoms with Gasteiger partial charge in [0.25, 0.3) is 0 Å². The Kier molecular flexibility index (Phi) is 3.42. The first-order chi connectivity index (χ1) is 8.59. The number of aliphatic carboxylic acids is 1. The zero-order chi connectivity index (χ0) is 13.1. The molecular weight excluding hydrogens is 226 g/mol. The maximum atomic E-state index is 10.9. The molecule has 1 aromatic heterocycles. The molecule has 92 valence electrons. The largest absolute Gasteiger partial charge is 0.481 e. The zero-order valence-electron chi connectivity index (χ0n) is 10.4. The highest BCUT2D eigenvalue weighted by Crippen LogP contribution is 2.22. The van der Waals surface area contributed by atoms with Crippen molar-refractivity contribution in [2.45, 2.75) is 19.8 Å². The number of aryl methyl sites for hydroxylation is 1. The average Bonchev–Trinajstić information content (AvgIpc) is 2.38. The third kappa shape index (κ3) is 2.40. The third-order valence-electron chi connectivity index (χ3n) is 3.08. The van der Waals surface area contributed by atoms with Crippen molar-refractivity contribution in [3.8, 4) is 11.3 Å². The van der Waals surface area contributed by atoms with Gasteiger partial charge in [0.2, 0.25) is 0 Å². The van der Waals surface area contributed by atoms with E-state index in [1.165, 1.54) is 0 Å². The molecule has 1 heterocycles. The summed E-state index contributed by atoms with van der Waals surface area (Å²) in [7, 11) is 0. The number of aromatic nitrogens is 1. The Morgan fingerprint density at radius 3 is 2.50 bits per heavy atom. The molecule has 2 aromatic rings. The maximum Gasteiger partial charge on any atom is 0.310 e. The smallest absolute Gasteiger partial charge is 0.310 e. The molecule has 0 saturated carbocycles. The minimum absolute atomic E-state index is 0.525. The number of carboxylic acid groups (broad SMARTS) is 1. The molecule has 0 saturated heterocycles. The quantitative estimate of drug-likeness (QED) is 0.897. The predicted octanol–water partition coefficient (Wildman–Crippen LogP) is 3.25. The minimum Gasteiger partial charge on any atom is -0.481 e. The number of hydrogen-bond donors (Lipinski definition) is 1. The molecule has 1 aromatic carbocycles. The van der Waals surface area contributed by atoms with Gasteiger partial charge < -0.3 is 5.11 Å². The van der Waals surface area contributed by atoms with Crippen molar-refractivity contribution >= 4 is 5.97 Å². The van der Waals surface area contributed by atoms with Crippen LogP contribution in [0.4, 0.5) is 0 Å². The Morgan fingerprint density at radius 1 is 1.22 bits per heavy atom. The van der Waals surface area contributed by atoms with Gasteiger partial charge in [-0.2, -0.15) is 0 Å². The van der Waals surface area contributed by atoms with E-state index in [4.69, 9.17) is 5.11 Å². The summed E-state index contributed by atoms with van der Waals surface area (Å²) < 4.78 is 0. The van der Waals surface area contributed by atoms with Crippen LogP contribution in [0.25, 0.3) is 11.3 Å². The summed E-state index contributed by atoms with van der Waals surface area (Å²) in [5.41, 5.74) is 3.82. The van der Waals surface area contributed by atoms with Crippen molar-refractivity contribution in [3.05, 3.63) is 53.7 Å². The van der Waals surface area contributed by atoms with Crippen LogP contribution in [0.1, 0.15) is 24.0 Å². The van der Waals surface area contributed by atoms with E-state index in [0.717, 1.165) is 22.4 Å². The first kappa shape index (κ1) is 12.3. The second-order valence-corrected chi connectivity index (χ2v) is 4.35. The van der Waals surface area contributed by atoms with Crippen molar-refractivity contribution in [3.63, 3.8) is 0 Å². The van der Waals surface area contributed by atoms with Crippen molar-refractivity contribution in [2.24, 2.45) is 0 Å². The van der Waals surface area contributed by atoms with Gasteiger partial charge >= 0.3 is 5.97 Å². The van der Waals surface area contributed by atoms with E-state index >= 15 is 0 Å². The van der Waals surface area contributed by atoms with Crippen molar-refractivity contribution in [1.29, 1.82) is 0 Å². The Hall–Kier alpha value is -2.16. The highest BCUT2D eigenvalue weighted by molar-refractivity contribution is 5.75. The molecule has 0 aliphatic carbocycles. The fourth-order valence-corrected chi connectivity index (χ4v) is 1.82. The number of rotatable bonds is 3. The fourth-order valence-electron chi connectivity index (χ4n) is 1.82. The number of benzene rings is 1. The number of hydrogen-bond acceptors (Lipinski definition) is 2. The van der Waals surface area contributed by atoms with Crippen LogP contribution in [0.15, 0.2) is 42.6 Å². The van der Waals surface area contributed by atoms with Crippen molar-refractivity contribution in [2.75, 3.05) is 0 Å². The van der Waals surface area contributed by atoms with Crippen LogP contribution in [0, 0.1) is 6.92 Å². The van der Waals surface area contributed by atoms with Crippen LogP contribution in [-0.4, -0.2) is 16.1 Å². The van der Waals surface area contributed by atoms with E-state index in [1.807, 2.05) is 43.3 Å². The maximum absolute atomic E-state index is 10.9. The van der Waals surface area contributed by atoms with E-state index in [-0.39, 0.29) is 0 Å². The van der Waals surface area contributed by atoms with Crippen LogP contribution < -0.4 is 0 Å². The molecule has 3 nitrogen and oxygen atoms in total. The van der Waals surface area contributed by atoms with Crippen LogP contribution in [0.3, 0.4) is 0 Å². The van der Waals surface area contributed by atoms with E-state index in [0.29, 0.717) is 0 Å². The van der Waals surface area contributed by atoms with E-state index in [2.05, 4.69) is 4.98 Å². The summed E-state index contributed by atoms with van der Waals surface area (Å²) in [5.74, 6) is -1.36. The Labute approximate surface area is 106 Å². The van der Waals surface area contributed by atoms with E-state index in [1.54, 1.807) is 13.1 Å².